The minimum absolute atomic E-state index is 0.235. The number of nitrogens with two attached hydrogens (primary N) is 1. The smallest absolute Gasteiger partial charge is 0.289 e. The first kappa shape index (κ1) is 12.3. The van der Waals surface area contributed by atoms with E-state index in [0.29, 0.717) is 5.56 Å². The van der Waals surface area contributed by atoms with Gasteiger partial charge in [-0.1, -0.05) is 0 Å². The van der Waals surface area contributed by atoms with Gasteiger partial charge in [0.25, 0.3) is 5.91 Å². The summed E-state index contributed by atoms with van der Waals surface area (Å²) in [5.41, 5.74) is 7.08. The molecule has 18 heavy (non-hydrogen) atoms. The van der Waals surface area contributed by atoms with Gasteiger partial charge in [0.1, 0.15) is 0 Å². The highest BCUT2D eigenvalue weighted by molar-refractivity contribution is 6.42. The summed E-state index contributed by atoms with van der Waals surface area (Å²) in [6.45, 7) is 5.95. The molecular weight excluding hydrogens is 230 g/mol. The second kappa shape index (κ2) is 4.25. The zero-order valence-corrected chi connectivity index (χ0v) is 10.6. The molecule has 0 atom stereocenters. The minimum atomic E-state index is -0.941. The van der Waals surface area contributed by atoms with Gasteiger partial charge in [0, 0.05) is 17.0 Å². The summed E-state index contributed by atoms with van der Waals surface area (Å²) < 4.78 is 1.89. The Hall–Kier alpha value is -2.17. The fourth-order valence-corrected chi connectivity index (χ4v) is 1.97. The SMILES string of the molecule is Cc1nn(C(C)C)c2ccc(C(=O)C(N)=O)cc12. The van der Waals surface area contributed by atoms with Crippen molar-refractivity contribution in [2.45, 2.75) is 26.8 Å². The predicted octanol–water partition coefficient (Wildman–Crippen LogP) is 1.59. The molecule has 0 unspecified atom stereocenters. The zero-order valence-electron chi connectivity index (χ0n) is 10.6. The van der Waals surface area contributed by atoms with Crippen molar-refractivity contribution in [2.24, 2.45) is 5.73 Å². The van der Waals surface area contributed by atoms with Crippen molar-refractivity contribution in [1.29, 1.82) is 0 Å². The molecule has 1 amide bonds. The Morgan fingerprint density at radius 3 is 2.56 bits per heavy atom. The normalized spacial score (nSPS) is 11.1. The number of hydrogen-bond acceptors (Lipinski definition) is 3. The maximum absolute atomic E-state index is 11.5. The number of fused-ring (bicyclic) bond motifs is 1. The summed E-state index contributed by atoms with van der Waals surface area (Å²) >= 11 is 0. The fourth-order valence-electron chi connectivity index (χ4n) is 1.97. The summed E-state index contributed by atoms with van der Waals surface area (Å²) in [7, 11) is 0. The third kappa shape index (κ3) is 1.88. The van der Waals surface area contributed by atoms with Crippen molar-refractivity contribution in [3.8, 4) is 0 Å². The van der Waals surface area contributed by atoms with Gasteiger partial charge < -0.3 is 5.73 Å². The molecule has 0 saturated carbocycles. The van der Waals surface area contributed by atoms with E-state index in [0.717, 1.165) is 16.6 Å². The van der Waals surface area contributed by atoms with Gasteiger partial charge in [-0.25, -0.2) is 0 Å². The Kier molecular flexibility index (Phi) is 2.90. The molecule has 94 valence electrons. The maximum Gasteiger partial charge on any atom is 0.289 e. The highest BCUT2D eigenvalue weighted by atomic mass is 16.2. The van der Waals surface area contributed by atoms with Crippen LogP contribution in [0.3, 0.4) is 0 Å². The molecule has 2 N–H and O–H groups in total. The number of rotatable bonds is 3. The van der Waals surface area contributed by atoms with Crippen molar-refractivity contribution in [3.05, 3.63) is 29.5 Å². The van der Waals surface area contributed by atoms with Crippen molar-refractivity contribution in [1.82, 2.24) is 9.78 Å². The highest BCUT2D eigenvalue weighted by Gasteiger charge is 2.16. The summed E-state index contributed by atoms with van der Waals surface area (Å²) in [4.78, 5) is 22.4. The zero-order chi connectivity index (χ0) is 13.4. The lowest BCUT2D eigenvalue weighted by atomic mass is 10.1. The van der Waals surface area contributed by atoms with Crippen molar-refractivity contribution in [2.75, 3.05) is 0 Å². The number of ketones is 1. The van der Waals surface area contributed by atoms with E-state index < -0.39 is 11.7 Å². The van der Waals surface area contributed by atoms with Crippen molar-refractivity contribution >= 4 is 22.6 Å². The number of primary amides is 1. The Morgan fingerprint density at radius 1 is 1.33 bits per heavy atom. The number of Topliss-reactive ketones (excluding diaryl/α,β-unsaturated/α-hetero) is 1. The van der Waals surface area contributed by atoms with Crippen LogP contribution in [0, 0.1) is 6.92 Å². The molecule has 5 nitrogen and oxygen atoms in total. The molecule has 0 aliphatic heterocycles. The van der Waals surface area contributed by atoms with Crippen LogP contribution in [0.15, 0.2) is 18.2 Å². The molecule has 0 aliphatic rings. The van der Waals surface area contributed by atoms with Gasteiger partial charge in [-0.15, -0.1) is 0 Å². The molecule has 2 rings (SSSR count). The molecule has 1 aromatic heterocycles. The van der Waals surface area contributed by atoms with Crippen LogP contribution in [0.25, 0.3) is 10.9 Å². The van der Waals surface area contributed by atoms with E-state index in [-0.39, 0.29) is 6.04 Å². The quantitative estimate of drug-likeness (QED) is 0.659. The van der Waals surface area contributed by atoms with Gasteiger partial charge in [-0.2, -0.15) is 5.10 Å². The van der Waals surface area contributed by atoms with Crippen LogP contribution in [0.1, 0.15) is 35.9 Å². The van der Waals surface area contributed by atoms with Crippen LogP contribution in [0.4, 0.5) is 0 Å². The number of nitrogens with zero attached hydrogens (tertiary/aromatic N) is 2. The van der Waals surface area contributed by atoms with E-state index in [1.165, 1.54) is 0 Å². The second-order valence-corrected chi connectivity index (χ2v) is 4.55. The Balaban J connectivity index is 2.63. The third-order valence-corrected chi connectivity index (χ3v) is 2.87. The number of carbonyl (C=O) groups is 2. The number of aromatic nitrogens is 2. The van der Waals surface area contributed by atoms with Gasteiger partial charge in [0.2, 0.25) is 5.78 Å². The molecule has 0 saturated heterocycles. The highest BCUT2D eigenvalue weighted by Crippen LogP contribution is 2.22. The summed E-state index contributed by atoms with van der Waals surface area (Å²) in [6, 6.07) is 5.31. The Bertz CT molecular complexity index is 641. The largest absolute Gasteiger partial charge is 0.363 e. The van der Waals surface area contributed by atoms with Crippen LogP contribution in [0.2, 0.25) is 0 Å². The van der Waals surface area contributed by atoms with Gasteiger partial charge in [0.05, 0.1) is 11.2 Å². The van der Waals surface area contributed by atoms with Crippen LogP contribution in [-0.4, -0.2) is 21.5 Å². The fraction of sp³-hybridized carbons (Fsp3) is 0.308. The van der Waals surface area contributed by atoms with E-state index in [1.54, 1.807) is 18.2 Å². The standard InChI is InChI=1S/C13H15N3O2/c1-7(2)16-11-5-4-9(12(17)13(14)18)6-10(11)8(3)15-16/h4-7H,1-3H3,(H2,14,18). The van der Waals surface area contributed by atoms with Crippen molar-refractivity contribution in [3.63, 3.8) is 0 Å². The number of amides is 1. The predicted molar refractivity (Wildman–Crippen MR) is 68.4 cm³/mol. The van der Waals surface area contributed by atoms with Crippen LogP contribution >= 0.6 is 0 Å². The van der Waals surface area contributed by atoms with E-state index in [4.69, 9.17) is 5.73 Å². The number of benzene rings is 1. The average molecular weight is 245 g/mol. The second-order valence-electron chi connectivity index (χ2n) is 4.55. The lowest BCUT2D eigenvalue weighted by molar-refractivity contribution is -0.114. The third-order valence-electron chi connectivity index (χ3n) is 2.87. The van der Waals surface area contributed by atoms with E-state index in [9.17, 15) is 9.59 Å². The first-order valence-corrected chi connectivity index (χ1v) is 5.75. The number of carbonyl (C=O) groups excluding carboxylic acids is 2. The lowest BCUT2D eigenvalue weighted by Gasteiger charge is -2.06. The number of aryl methyl sites for hydroxylation is 1. The first-order valence-electron chi connectivity index (χ1n) is 5.75. The monoisotopic (exact) mass is 245 g/mol. The van der Waals surface area contributed by atoms with Gasteiger partial charge in [-0.3, -0.25) is 14.3 Å². The van der Waals surface area contributed by atoms with Crippen LogP contribution < -0.4 is 5.73 Å². The summed E-state index contributed by atoms with van der Waals surface area (Å²) in [5.74, 6) is -1.61. The molecule has 0 radical (unpaired) electrons. The topological polar surface area (TPSA) is 78.0 Å². The Labute approximate surface area is 105 Å². The maximum atomic E-state index is 11.5. The Morgan fingerprint density at radius 2 is 2.00 bits per heavy atom. The molecule has 0 spiro atoms. The van der Waals surface area contributed by atoms with Gasteiger partial charge in [0.15, 0.2) is 0 Å². The van der Waals surface area contributed by atoms with Gasteiger partial charge >= 0.3 is 0 Å². The van der Waals surface area contributed by atoms with Gasteiger partial charge in [-0.05, 0) is 39.0 Å². The summed E-state index contributed by atoms with van der Waals surface area (Å²) in [6.07, 6.45) is 0. The van der Waals surface area contributed by atoms with Crippen molar-refractivity contribution < 1.29 is 9.59 Å². The average Bonchev–Trinajstić information content (AvgIpc) is 2.65. The number of hydrogen-bond donors (Lipinski definition) is 1. The van der Waals surface area contributed by atoms with Crippen LogP contribution in [-0.2, 0) is 4.79 Å². The molecular formula is C13H15N3O2. The van der Waals surface area contributed by atoms with Crippen LogP contribution in [0.5, 0.6) is 0 Å². The molecule has 1 heterocycles. The molecule has 5 heteroatoms. The lowest BCUT2D eigenvalue weighted by Crippen LogP contribution is -2.22. The first-order chi connectivity index (χ1) is 8.41. The molecule has 2 aromatic rings. The molecule has 0 fully saturated rings. The van der Waals surface area contributed by atoms with E-state index >= 15 is 0 Å². The minimum Gasteiger partial charge on any atom is -0.363 e. The van der Waals surface area contributed by atoms with E-state index in [1.807, 2.05) is 25.5 Å². The van der Waals surface area contributed by atoms with E-state index in [2.05, 4.69) is 5.10 Å². The molecule has 0 bridgehead atoms. The summed E-state index contributed by atoms with van der Waals surface area (Å²) in [5, 5.41) is 5.29. The molecule has 1 aromatic carbocycles. The molecule has 0 aliphatic carbocycles.